The van der Waals surface area contributed by atoms with E-state index in [0.29, 0.717) is 11.4 Å². The molecule has 0 saturated heterocycles. The van der Waals surface area contributed by atoms with Crippen LogP contribution in [0.3, 0.4) is 0 Å². The summed E-state index contributed by atoms with van der Waals surface area (Å²) in [5.74, 6) is -1.77. The molecule has 4 rings (SSSR count). The first-order valence-electron chi connectivity index (χ1n) is 12.1. The third-order valence-electron chi connectivity index (χ3n) is 6.88. The molecule has 192 valence electrons. The van der Waals surface area contributed by atoms with Gasteiger partial charge in [0.15, 0.2) is 0 Å². The molecule has 3 amide bonds. The number of aliphatic carboxylic acids is 1. The molecule has 9 heteroatoms. The highest BCUT2D eigenvalue weighted by atomic mass is 16.4. The lowest BCUT2D eigenvalue weighted by Crippen LogP contribution is -2.56. The van der Waals surface area contributed by atoms with E-state index < -0.39 is 23.4 Å². The van der Waals surface area contributed by atoms with Gasteiger partial charge in [0.2, 0.25) is 0 Å². The number of nitrogens with one attached hydrogen (secondary N) is 3. The van der Waals surface area contributed by atoms with Crippen LogP contribution >= 0.6 is 0 Å². The highest BCUT2D eigenvalue weighted by Gasteiger charge is 2.43. The van der Waals surface area contributed by atoms with E-state index >= 15 is 0 Å². The molecule has 0 atom stereocenters. The molecule has 5 N–H and O–H groups in total. The number of aryl methyl sites for hydroxylation is 3. The number of carbonyl (C=O) groups excluding carboxylic acids is 2. The molecule has 0 heterocycles. The Morgan fingerprint density at radius 2 is 1.49 bits per heavy atom. The molecule has 0 unspecified atom stereocenters. The van der Waals surface area contributed by atoms with E-state index in [0.717, 1.165) is 27.5 Å². The van der Waals surface area contributed by atoms with Gasteiger partial charge in [-0.15, -0.1) is 0 Å². The Morgan fingerprint density at radius 1 is 0.892 bits per heavy atom. The Balaban J connectivity index is 1.65. The second-order valence-electron chi connectivity index (χ2n) is 9.61. The summed E-state index contributed by atoms with van der Waals surface area (Å²) in [6, 6.07) is 14.2. The minimum atomic E-state index is -1.51. The van der Waals surface area contributed by atoms with Crippen molar-refractivity contribution in [2.75, 3.05) is 10.6 Å². The Hall–Kier alpha value is -4.40. The van der Waals surface area contributed by atoms with Crippen LogP contribution in [0.4, 0.5) is 16.2 Å². The summed E-state index contributed by atoms with van der Waals surface area (Å²) < 4.78 is 0. The maximum absolute atomic E-state index is 13.5. The zero-order valence-electron chi connectivity index (χ0n) is 21.0. The highest BCUT2D eigenvalue weighted by molar-refractivity contribution is 6.11. The van der Waals surface area contributed by atoms with Crippen LogP contribution in [0, 0.1) is 20.8 Å². The maximum Gasteiger partial charge on any atom is 0.329 e. The van der Waals surface area contributed by atoms with Crippen LogP contribution in [-0.2, 0) is 4.79 Å². The zero-order chi connectivity index (χ0) is 26.7. The zero-order valence-corrected chi connectivity index (χ0v) is 21.0. The van der Waals surface area contributed by atoms with Gasteiger partial charge >= 0.3 is 12.0 Å². The highest BCUT2D eigenvalue weighted by Crippen LogP contribution is 2.30. The minimum Gasteiger partial charge on any atom is -0.480 e. The van der Waals surface area contributed by atoms with Gasteiger partial charge in [0, 0.05) is 5.69 Å². The lowest BCUT2D eigenvalue weighted by atomic mass is 9.80. The largest absolute Gasteiger partial charge is 0.480 e. The summed E-state index contributed by atoms with van der Waals surface area (Å²) in [5, 5.41) is 32.1. The minimum absolute atomic E-state index is 0.0935. The van der Waals surface area contributed by atoms with E-state index in [9.17, 15) is 19.5 Å². The molecule has 1 saturated carbocycles. The van der Waals surface area contributed by atoms with Crippen LogP contribution in [0.15, 0.2) is 53.7 Å². The fraction of sp³-hybridized carbons (Fsp3) is 0.286. The lowest BCUT2D eigenvalue weighted by molar-refractivity contribution is -0.145. The van der Waals surface area contributed by atoms with E-state index in [1.165, 1.54) is 0 Å². The van der Waals surface area contributed by atoms with Crippen molar-refractivity contribution < 1.29 is 24.7 Å². The molecule has 0 bridgehead atoms. The SMILES string of the molecule is Cc1cc(C)c(NC(=O)Nc2cc3ccccc3cc2C(=O)NC2(C(=O)O)CCC(=NO)CC2)c(C)c1. The molecular formula is C28H30N4O5. The summed E-state index contributed by atoms with van der Waals surface area (Å²) in [5.41, 5.74) is 2.99. The van der Waals surface area contributed by atoms with E-state index in [1.807, 2.05) is 57.2 Å². The van der Waals surface area contributed by atoms with E-state index in [-0.39, 0.29) is 36.9 Å². The fourth-order valence-corrected chi connectivity index (χ4v) is 4.92. The van der Waals surface area contributed by atoms with Crippen molar-refractivity contribution in [1.82, 2.24) is 5.32 Å². The monoisotopic (exact) mass is 502 g/mol. The molecule has 3 aromatic carbocycles. The Morgan fingerprint density at radius 3 is 2.05 bits per heavy atom. The fourth-order valence-electron chi connectivity index (χ4n) is 4.92. The number of oxime groups is 1. The van der Waals surface area contributed by atoms with Gasteiger partial charge < -0.3 is 26.3 Å². The third-order valence-corrected chi connectivity index (χ3v) is 6.88. The predicted octanol–water partition coefficient (Wildman–Crippen LogP) is 5.37. The Bertz CT molecular complexity index is 1400. The van der Waals surface area contributed by atoms with Crippen molar-refractivity contribution in [2.24, 2.45) is 5.16 Å². The number of amides is 3. The molecule has 0 aliphatic heterocycles. The molecule has 9 nitrogen and oxygen atoms in total. The molecule has 0 radical (unpaired) electrons. The lowest BCUT2D eigenvalue weighted by Gasteiger charge is -2.34. The number of hydrogen-bond donors (Lipinski definition) is 5. The van der Waals surface area contributed by atoms with Gasteiger partial charge in [-0.2, -0.15) is 0 Å². The van der Waals surface area contributed by atoms with Crippen molar-refractivity contribution >= 4 is 45.8 Å². The second-order valence-corrected chi connectivity index (χ2v) is 9.61. The first kappa shape index (κ1) is 25.7. The molecule has 0 aromatic heterocycles. The van der Waals surface area contributed by atoms with Gasteiger partial charge in [-0.25, -0.2) is 9.59 Å². The Kier molecular flexibility index (Phi) is 7.15. The summed E-state index contributed by atoms with van der Waals surface area (Å²) in [6.07, 6.45) is 0.694. The summed E-state index contributed by atoms with van der Waals surface area (Å²) in [4.78, 5) is 38.7. The van der Waals surface area contributed by atoms with Crippen molar-refractivity contribution in [3.8, 4) is 0 Å². The molecule has 3 aromatic rings. The number of carboxylic acid groups (broad SMARTS) is 1. The summed E-state index contributed by atoms with van der Waals surface area (Å²) in [6.45, 7) is 5.80. The molecule has 1 fully saturated rings. The Labute approximate surface area is 214 Å². The first-order chi connectivity index (χ1) is 17.6. The quantitative estimate of drug-likeness (QED) is 0.236. The van der Waals surface area contributed by atoms with Gasteiger partial charge in [-0.1, -0.05) is 47.1 Å². The van der Waals surface area contributed by atoms with Crippen LogP contribution in [-0.4, -0.2) is 39.5 Å². The topological polar surface area (TPSA) is 140 Å². The van der Waals surface area contributed by atoms with E-state index in [1.54, 1.807) is 12.1 Å². The van der Waals surface area contributed by atoms with Crippen LogP contribution < -0.4 is 16.0 Å². The number of anilines is 2. The van der Waals surface area contributed by atoms with E-state index in [2.05, 4.69) is 21.1 Å². The molecule has 1 aliphatic rings. The molecule has 1 aliphatic carbocycles. The second kappa shape index (κ2) is 10.3. The van der Waals surface area contributed by atoms with Crippen LogP contribution in [0.25, 0.3) is 10.8 Å². The number of fused-ring (bicyclic) bond motifs is 1. The van der Waals surface area contributed by atoms with Crippen LogP contribution in [0.2, 0.25) is 0 Å². The number of rotatable bonds is 5. The number of carboxylic acids is 1. The number of carbonyl (C=O) groups is 3. The number of nitrogens with zero attached hydrogens (tertiary/aromatic N) is 1. The van der Waals surface area contributed by atoms with Gasteiger partial charge in [0.25, 0.3) is 5.91 Å². The first-order valence-corrected chi connectivity index (χ1v) is 12.1. The standard InChI is InChI=1S/C28H30N4O5/c1-16-12-17(2)24(18(3)13-16)30-27(36)29-23-15-20-7-5-4-6-19(20)14-22(23)25(33)31-28(26(34)35)10-8-21(32-37)9-11-28/h4-7,12-15,37H,8-11H2,1-3H3,(H,31,33)(H,34,35)(H2,29,30,36). The van der Waals surface area contributed by atoms with Crippen molar-refractivity contribution in [3.05, 3.63) is 70.8 Å². The number of benzene rings is 3. The normalized spacial score (nSPS) is 17.2. The smallest absolute Gasteiger partial charge is 0.329 e. The van der Waals surface area contributed by atoms with Gasteiger partial charge in [-0.05, 0) is 80.5 Å². The molecule has 0 spiro atoms. The molecular weight excluding hydrogens is 472 g/mol. The summed E-state index contributed by atoms with van der Waals surface area (Å²) in [7, 11) is 0. The van der Waals surface area contributed by atoms with Gasteiger partial charge in [0.1, 0.15) is 5.54 Å². The van der Waals surface area contributed by atoms with Crippen molar-refractivity contribution in [2.45, 2.75) is 52.0 Å². The van der Waals surface area contributed by atoms with Crippen molar-refractivity contribution in [1.29, 1.82) is 0 Å². The maximum atomic E-state index is 13.5. The molecule has 37 heavy (non-hydrogen) atoms. The van der Waals surface area contributed by atoms with Crippen molar-refractivity contribution in [3.63, 3.8) is 0 Å². The van der Waals surface area contributed by atoms with Gasteiger partial charge in [0.05, 0.1) is 17.0 Å². The number of urea groups is 1. The average molecular weight is 503 g/mol. The van der Waals surface area contributed by atoms with Crippen LogP contribution in [0.1, 0.15) is 52.7 Å². The average Bonchev–Trinajstić information content (AvgIpc) is 2.86. The number of hydrogen-bond acceptors (Lipinski definition) is 5. The third kappa shape index (κ3) is 5.40. The summed E-state index contributed by atoms with van der Waals surface area (Å²) >= 11 is 0. The predicted molar refractivity (Wildman–Crippen MR) is 143 cm³/mol. The van der Waals surface area contributed by atoms with Crippen LogP contribution in [0.5, 0.6) is 0 Å². The van der Waals surface area contributed by atoms with Gasteiger partial charge in [-0.3, -0.25) is 4.79 Å². The van der Waals surface area contributed by atoms with E-state index in [4.69, 9.17) is 5.21 Å².